The van der Waals surface area contributed by atoms with Gasteiger partial charge in [-0.1, -0.05) is 0 Å². The molecule has 1 aromatic heterocycles. The third-order valence-electron chi connectivity index (χ3n) is 3.53. The van der Waals surface area contributed by atoms with Crippen LogP contribution in [-0.2, 0) is 0 Å². The molecule has 0 spiro atoms. The van der Waals surface area contributed by atoms with Gasteiger partial charge in [-0.2, -0.15) is 0 Å². The van der Waals surface area contributed by atoms with Gasteiger partial charge < -0.3 is 24.7 Å². The fraction of sp³-hybridized carbons (Fsp3) is 0.118. The van der Waals surface area contributed by atoms with Crippen LogP contribution >= 0.6 is 0 Å². The topological polar surface area (TPSA) is 94.9 Å². The maximum Gasteiger partial charge on any atom is 0.197 e. The summed E-state index contributed by atoms with van der Waals surface area (Å²) in [5.74, 6) is 1.08. The molecule has 6 heteroatoms. The van der Waals surface area contributed by atoms with Crippen LogP contribution in [-0.4, -0.2) is 19.3 Å². The number of fused-ring (bicyclic) bond motifs is 1. The van der Waals surface area contributed by atoms with Gasteiger partial charge in [0, 0.05) is 23.8 Å². The predicted octanol–water partition coefficient (Wildman–Crippen LogP) is 2.76. The maximum atomic E-state index is 12.3. The van der Waals surface area contributed by atoms with Crippen molar-refractivity contribution in [2.75, 3.05) is 20.0 Å². The van der Waals surface area contributed by atoms with Crippen molar-refractivity contribution >= 4 is 16.7 Å². The zero-order valence-electron chi connectivity index (χ0n) is 12.6. The lowest BCUT2D eigenvalue weighted by Gasteiger charge is -2.09. The van der Waals surface area contributed by atoms with Crippen LogP contribution in [0.4, 0.5) is 5.69 Å². The standard InChI is InChI=1S/C17H15NO5/c1-21-10-6-12(19)17-13(20)8-15(23-16(17)7-10)9-3-4-14(22-2)11(18)5-9/h3-8,19H,18H2,1-2H3. The molecule has 118 valence electrons. The van der Waals surface area contributed by atoms with Crippen molar-refractivity contribution in [1.82, 2.24) is 0 Å². The molecule has 0 aliphatic heterocycles. The van der Waals surface area contributed by atoms with E-state index in [1.54, 1.807) is 24.3 Å². The predicted molar refractivity (Wildman–Crippen MR) is 87.1 cm³/mol. The van der Waals surface area contributed by atoms with E-state index >= 15 is 0 Å². The van der Waals surface area contributed by atoms with Gasteiger partial charge in [-0.15, -0.1) is 0 Å². The Kier molecular flexibility index (Phi) is 3.57. The summed E-state index contributed by atoms with van der Waals surface area (Å²) in [6.45, 7) is 0. The average molecular weight is 313 g/mol. The molecule has 23 heavy (non-hydrogen) atoms. The van der Waals surface area contributed by atoms with Gasteiger partial charge in [0.05, 0.1) is 19.9 Å². The van der Waals surface area contributed by atoms with Crippen LogP contribution in [0.15, 0.2) is 45.6 Å². The SMILES string of the molecule is COc1cc(O)c2c(=O)cc(-c3ccc(OC)c(N)c3)oc2c1. The lowest BCUT2D eigenvalue weighted by atomic mass is 10.1. The van der Waals surface area contributed by atoms with Gasteiger partial charge in [-0.3, -0.25) is 4.79 Å². The van der Waals surface area contributed by atoms with E-state index in [0.29, 0.717) is 28.5 Å². The Morgan fingerprint density at radius 1 is 1.09 bits per heavy atom. The number of ether oxygens (including phenoxy) is 2. The smallest absolute Gasteiger partial charge is 0.197 e. The number of phenols is 1. The molecular weight excluding hydrogens is 298 g/mol. The van der Waals surface area contributed by atoms with E-state index in [9.17, 15) is 9.90 Å². The van der Waals surface area contributed by atoms with Gasteiger partial charge in [0.15, 0.2) is 5.43 Å². The Hall–Kier alpha value is -3.15. The first-order chi connectivity index (χ1) is 11.0. The Bertz CT molecular complexity index is 946. The highest BCUT2D eigenvalue weighted by atomic mass is 16.5. The molecule has 6 nitrogen and oxygen atoms in total. The monoisotopic (exact) mass is 313 g/mol. The molecule has 0 aliphatic carbocycles. The molecule has 0 unspecified atom stereocenters. The summed E-state index contributed by atoms with van der Waals surface area (Å²) in [7, 11) is 2.99. The Morgan fingerprint density at radius 3 is 2.52 bits per heavy atom. The minimum absolute atomic E-state index is 0.107. The molecule has 0 amide bonds. The molecule has 3 N–H and O–H groups in total. The van der Waals surface area contributed by atoms with Crippen LogP contribution in [0.5, 0.6) is 17.2 Å². The van der Waals surface area contributed by atoms with E-state index < -0.39 is 0 Å². The first kappa shape index (κ1) is 14.8. The van der Waals surface area contributed by atoms with Crippen LogP contribution < -0.4 is 20.6 Å². The Balaban J connectivity index is 2.23. The minimum atomic E-state index is -0.351. The molecule has 3 aromatic rings. The van der Waals surface area contributed by atoms with Crippen molar-refractivity contribution in [1.29, 1.82) is 0 Å². The van der Waals surface area contributed by atoms with E-state index in [4.69, 9.17) is 19.6 Å². The van der Waals surface area contributed by atoms with Crippen LogP contribution in [0.25, 0.3) is 22.3 Å². The quantitative estimate of drug-likeness (QED) is 0.722. The van der Waals surface area contributed by atoms with Crippen LogP contribution in [0.3, 0.4) is 0 Å². The molecule has 3 rings (SSSR count). The van der Waals surface area contributed by atoms with E-state index in [1.807, 2.05) is 0 Å². The van der Waals surface area contributed by atoms with Gasteiger partial charge in [0.1, 0.15) is 34.0 Å². The van der Waals surface area contributed by atoms with E-state index in [2.05, 4.69) is 0 Å². The van der Waals surface area contributed by atoms with Crippen molar-refractivity contribution in [2.45, 2.75) is 0 Å². The number of methoxy groups -OCH3 is 2. The molecular formula is C17H15NO5. The van der Waals surface area contributed by atoms with E-state index in [1.165, 1.54) is 26.4 Å². The molecule has 0 saturated carbocycles. The number of hydrogen-bond donors (Lipinski definition) is 2. The van der Waals surface area contributed by atoms with Crippen molar-refractivity contribution in [2.24, 2.45) is 0 Å². The highest BCUT2D eigenvalue weighted by Gasteiger charge is 2.13. The highest BCUT2D eigenvalue weighted by molar-refractivity contribution is 5.86. The van der Waals surface area contributed by atoms with Gasteiger partial charge in [-0.05, 0) is 18.2 Å². The molecule has 1 heterocycles. The first-order valence-electron chi connectivity index (χ1n) is 6.82. The molecule has 0 aliphatic rings. The summed E-state index contributed by atoms with van der Waals surface area (Å²) in [4.78, 5) is 12.3. The number of phenolic OH excluding ortho intramolecular Hbond substituents is 1. The molecule has 0 saturated heterocycles. The Morgan fingerprint density at radius 2 is 1.87 bits per heavy atom. The number of nitrogens with two attached hydrogens (primary N) is 1. The Labute approximate surface area is 131 Å². The number of anilines is 1. The minimum Gasteiger partial charge on any atom is -0.507 e. The summed E-state index contributed by atoms with van der Waals surface area (Å²) in [6, 6.07) is 9.31. The zero-order valence-corrected chi connectivity index (χ0v) is 12.6. The number of aromatic hydroxyl groups is 1. The largest absolute Gasteiger partial charge is 0.507 e. The maximum absolute atomic E-state index is 12.3. The van der Waals surface area contributed by atoms with E-state index in [0.717, 1.165) is 0 Å². The fourth-order valence-electron chi connectivity index (χ4n) is 2.39. The summed E-state index contributed by atoms with van der Waals surface area (Å²) in [6.07, 6.45) is 0. The normalized spacial score (nSPS) is 10.7. The fourth-order valence-corrected chi connectivity index (χ4v) is 2.39. The van der Waals surface area contributed by atoms with Crippen molar-refractivity contribution in [3.05, 3.63) is 46.6 Å². The van der Waals surface area contributed by atoms with Crippen molar-refractivity contribution in [3.8, 4) is 28.6 Å². The van der Waals surface area contributed by atoms with Gasteiger partial charge in [0.25, 0.3) is 0 Å². The second-order valence-electron chi connectivity index (χ2n) is 4.95. The van der Waals surface area contributed by atoms with Crippen LogP contribution in [0, 0.1) is 0 Å². The molecule has 0 bridgehead atoms. The molecule has 2 aromatic carbocycles. The number of nitrogen functional groups attached to an aromatic ring is 1. The van der Waals surface area contributed by atoms with Gasteiger partial charge in [0.2, 0.25) is 0 Å². The molecule has 0 atom stereocenters. The molecule has 0 fully saturated rings. The first-order valence-corrected chi connectivity index (χ1v) is 6.82. The summed E-state index contributed by atoms with van der Waals surface area (Å²) in [5, 5.41) is 10.1. The second kappa shape index (κ2) is 5.57. The lowest BCUT2D eigenvalue weighted by Crippen LogP contribution is -2.01. The van der Waals surface area contributed by atoms with Gasteiger partial charge >= 0.3 is 0 Å². The average Bonchev–Trinajstić information content (AvgIpc) is 2.53. The summed E-state index contributed by atoms with van der Waals surface area (Å²) in [5.41, 5.74) is 6.83. The van der Waals surface area contributed by atoms with Crippen molar-refractivity contribution < 1.29 is 19.0 Å². The lowest BCUT2D eigenvalue weighted by molar-refractivity contribution is 0.408. The third kappa shape index (κ3) is 2.55. The third-order valence-corrected chi connectivity index (χ3v) is 3.53. The van der Waals surface area contributed by atoms with Crippen molar-refractivity contribution in [3.63, 3.8) is 0 Å². The number of hydrogen-bond acceptors (Lipinski definition) is 6. The van der Waals surface area contributed by atoms with Crippen LogP contribution in [0.2, 0.25) is 0 Å². The van der Waals surface area contributed by atoms with Crippen LogP contribution in [0.1, 0.15) is 0 Å². The number of benzene rings is 2. The van der Waals surface area contributed by atoms with Gasteiger partial charge in [-0.25, -0.2) is 0 Å². The molecule has 0 radical (unpaired) electrons. The zero-order chi connectivity index (χ0) is 16.6. The summed E-state index contributed by atoms with van der Waals surface area (Å²) < 4.78 is 15.9. The summed E-state index contributed by atoms with van der Waals surface area (Å²) >= 11 is 0. The second-order valence-corrected chi connectivity index (χ2v) is 4.95. The van der Waals surface area contributed by atoms with E-state index in [-0.39, 0.29) is 22.1 Å². The number of rotatable bonds is 3. The highest BCUT2D eigenvalue weighted by Crippen LogP contribution is 2.32.